The van der Waals surface area contributed by atoms with Gasteiger partial charge in [-0.2, -0.15) is 10.1 Å². The van der Waals surface area contributed by atoms with Crippen molar-refractivity contribution < 1.29 is 23.0 Å². The van der Waals surface area contributed by atoms with Gasteiger partial charge >= 0.3 is 5.69 Å². The molecule has 1 aliphatic rings. The number of anilines is 2. The Bertz CT molecular complexity index is 2120. The van der Waals surface area contributed by atoms with Crippen LogP contribution in [0.25, 0.3) is 17.0 Å². The molecule has 0 spiro atoms. The number of aliphatic hydroxyl groups is 1. The molecule has 1 saturated heterocycles. The number of piperazine rings is 1. The Hall–Kier alpha value is -5.76. The molecule has 1 fully saturated rings. The van der Waals surface area contributed by atoms with E-state index in [1.54, 1.807) is 28.7 Å². The summed E-state index contributed by atoms with van der Waals surface area (Å²) in [4.78, 5) is 25.0. The summed E-state index contributed by atoms with van der Waals surface area (Å²) in [5.74, 6) is 0.0582. The Labute approximate surface area is 292 Å². The number of hydrogen-bond donors (Lipinski definition) is 1. The van der Waals surface area contributed by atoms with Crippen LogP contribution in [-0.2, 0) is 13.2 Å². The Balaban J connectivity index is 0.976. The summed E-state index contributed by atoms with van der Waals surface area (Å²) in [5.41, 5.74) is 3.34. The molecule has 1 N–H and O–H groups in total. The first kappa shape index (κ1) is 33.7. The molecule has 7 rings (SSSR count). The molecule has 51 heavy (non-hydrogen) atoms. The lowest BCUT2D eigenvalue weighted by atomic mass is 10.1. The number of nitrogens with zero attached hydrogens (tertiary/aromatic N) is 8. The quantitative estimate of drug-likeness (QED) is 0.178. The van der Waals surface area contributed by atoms with Crippen LogP contribution in [0.4, 0.5) is 20.2 Å². The van der Waals surface area contributed by atoms with Crippen molar-refractivity contribution in [1.29, 1.82) is 0 Å². The van der Waals surface area contributed by atoms with Gasteiger partial charge in [-0.15, -0.1) is 0 Å². The standard InChI is InChI=1S/C37H38F2N8O4/c1-3-35(25(2)48)47-37(49)41-24-46(47)30-7-5-28(6-8-30)43-14-16-44(17-15-43)29-9-11-31(12-10-29)50-21-26-18-32(20-45-23-40-22-42-45)51-36(26)33-13-4-27(38)19-34(33)39/h4-13,18-19,22-25,35,48H,3,14-17,20-21H2,1-2H3/t25-,35-/m0/s1. The molecule has 0 radical (unpaired) electrons. The van der Waals surface area contributed by atoms with Crippen molar-refractivity contribution in [2.24, 2.45) is 0 Å². The summed E-state index contributed by atoms with van der Waals surface area (Å²) in [7, 11) is 0. The van der Waals surface area contributed by atoms with Gasteiger partial charge in [-0.1, -0.05) is 6.92 Å². The number of ether oxygens (including phenoxy) is 1. The van der Waals surface area contributed by atoms with E-state index >= 15 is 0 Å². The second-order valence-corrected chi connectivity index (χ2v) is 12.5. The van der Waals surface area contributed by atoms with E-state index in [4.69, 9.17) is 9.15 Å². The molecule has 4 heterocycles. The maximum atomic E-state index is 14.8. The zero-order valence-electron chi connectivity index (χ0n) is 28.3. The zero-order valence-corrected chi connectivity index (χ0v) is 28.3. The molecule has 0 unspecified atom stereocenters. The van der Waals surface area contributed by atoms with Gasteiger partial charge < -0.3 is 24.1 Å². The molecular formula is C37H38F2N8O4. The first-order chi connectivity index (χ1) is 24.8. The predicted molar refractivity (Wildman–Crippen MR) is 187 cm³/mol. The highest BCUT2D eigenvalue weighted by molar-refractivity contribution is 5.63. The van der Waals surface area contributed by atoms with Crippen LogP contribution in [0.2, 0.25) is 0 Å². The summed E-state index contributed by atoms with van der Waals surface area (Å²) in [5, 5.41) is 14.3. The van der Waals surface area contributed by atoms with Crippen LogP contribution in [0.5, 0.6) is 5.75 Å². The first-order valence-electron chi connectivity index (χ1n) is 16.8. The van der Waals surface area contributed by atoms with Crippen LogP contribution in [-0.4, -0.2) is 66.5 Å². The Morgan fingerprint density at radius 1 is 0.902 bits per heavy atom. The molecule has 12 nitrogen and oxygen atoms in total. The average Bonchev–Trinajstić information content (AvgIpc) is 3.89. The Morgan fingerprint density at radius 2 is 1.57 bits per heavy atom. The highest BCUT2D eigenvalue weighted by Crippen LogP contribution is 2.32. The molecule has 3 aromatic carbocycles. The van der Waals surface area contributed by atoms with Crippen molar-refractivity contribution in [3.63, 3.8) is 0 Å². The van der Waals surface area contributed by atoms with Gasteiger partial charge in [-0.25, -0.2) is 32.6 Å². The predicted octanol–water partition coefficient (Wildman–Crippen LogP) is 5.45. The molecule has 0 saturated carbocycles. The van der Waals surface area contributed by atoms with Crippen LogP contribution in [0, 0.1) is 11.6 Å². The number of hydrogen-bond acceptors (Lipinski definition) is 9. The minimum Gasteiger partial charge on any atom is -0.489 e. The summed E-state index contributed by atoms with van der Waals surface area (Å²) in [6.07, 6.45) is 4.39. The summed E-state index contributed by atoms with van der Waals surface area (Å²) in [6, 6.07) is 20.7. The van der Waals surface area contributed by atoms with Gasteiger partial charge in [0.25, 0.3) is 0 Å². The fourth-order valence-corrected chi connectivity index (χ4v) is 6.52. The molecular weight excluding hydrogens is 658 g/mol. The van der Waals surface area contributed by atoms with Crippen molar-refractivity contribution in [2.75, 3.05) is 36.0 Å². The molecule has 0 aliphatic carbocycles. The van der Waals surface area contributed by atoms with Gasteiger partial charge in [0, 0.05) is 49.2 Å². The van der Waals surface area contributed by atoms with Crippen LogP contribution < -0.4 is 20.2 Å². The second-order valence-electron chi connectivity index (χ2n) is 12.5. The molecule has 3 aromatic heterocycles. The van der Waals surface area contributed by atoms with Gasteiger partial charge in [0.05, 0.1) is 23.4 Å². The van der Waals surface area contributed by atoms with Gasteiger partial charge in [-0.05, 0) is 80.1 Å². The number of benzene rings is 3. The van der Waals surface area contributed by atoms with E-state index in [1.165, 1.54) is 29.5 Å². The highest BCUT2D eigenvalue weighted by atomic mass is 19.1. The van der Waals surface area contributed by atoms with Crippen molar-refractivity contribution >= 4 is 11.4 Å². The zero-order chi connectivity index (χ0) is 35.5. The SMILES string of the molecule is CC[C@@H]([C@H](C)O)n1c(=O)ncn1-c1ccc(N2CCN(c3ccc(OCc4cc(Cn5cncn5)oc4-c4ccc(F)cc4F)cc3)CC2)cc1. The monoisotopic (exact) mass is 696 g/mol. The summed E-state index contributed by atoms with van der Waals surface area (Å²) < 4.78 is 45.3. The number of aliphatic hydroxyl groups excluding tert-OH is 1. The molecule has 2 atom stereocenters. The minimum atomic E-state index is -0.723. The van der Waals surface area contributed by atoms with E-state index in [1.807, 2.05) is 55.5 Å². The van der Waals surface area contributed by atoms with Crippen molar-refractivity contribution in [1.82, 2.24) is 29.1 Å². The Kier molecular flexibility index (Phi) is 9.66. The largest absolute Gasteiger partial charge is 0.489 e. The van der Waals surface area contributed by atoms with Crippen molar-refractivity contribution in [3.8, 4) is 22.8 Å². The number of furan rings is 1. The maximum Gasteiger partial charge on any atom is 0.364 e. The van der Waals surface area contributed by atoms with E-state index in [9.17, 15) is 18.7 Å². The molecule has 14 heteroatoms. The highest BCUT2D eigenvalue weighted by Gasteiger charge is 2.23. The van der Waals surface area contributed by atoms with Gasteiger partial charge in [0.2, 0.25) is 0 Å². The van der Waals surface area contributed by atoms with E-state index in [2.05, 4.69) is 24.9 Å². The van der Waals surface area contributed by atoms with Crippen LogP contribution >= 0.6 is 0 Å². The third-order valence-electron chi connectivity index (χ3n) is 9.17. The molecule has 0 bridgehead atoms. The number of aromatic nitrogens is 6. The number of rotatable bonds is 12. The van der Waals surface area contributed by atoms with Crippen LogP contribution in [0.3, 0.4) is 0 Å². The number of halogens is 2. The average molecular weight is 697 g/mol. The third kappa shape index (κ3) is 7.26. The lowest BCUT2D eigenvalue weighted by Crippen LogP contribution is -2.46. The topological polar surface area (TPSA) is 120 Å². The third-order valence-corrected chi connectivity index (χ3v) is 9.17. The lowest BCUT2D eigenvalue weighted by molar-refractivity contribution is 0.114. The fourth-order valence-electron chi connectivity index (χ4n) is 6.52. The van der Waals surface area contributed by atoms with E-state index in [0.29, 0.717) is 30.0 Å². The van der Waals surface area contributed by atoms with Crippen molar-refractivity contribution in [2.45, 2.75) is 45.6 Å². The van der Waals surface area contributed by atoms with Gasteiger partial charge in [-0.3, -0.25) is 0 Å². The van der Waals surface area contributed by atoms with Crippen LogP contribution in [0.15, 0.2) is 101 Å². The molecule has 264 valence electrons. The van der Waals surface area contributed by atoms with Gasteiger partial charge in [0.1, 0.15) is 61.0 Å². The lowest BCUT2D eigenvalue weighted by Gasteiger charge is -2.37. The van der Waals surface area contributed by atoms with Crippen molar-refractivity contribution in [3.05, 3.63) is 125 Å². The maximum absolute atomic E-state index is 14.8. The minimum absolute atomic E-state index is 0.114. The second kappa shape index (κ2) is 14.6. The normalized spacial score (nSPS) is 14.5. The molecule has 1 aliphatic heterocycles. The summed E-state index contributed by atoms with van der Waals surface area (Å²) in [6.45, 7) is 7.33. The smallest absolute Gasteiger partial charge is 0.364 e. The fraction of sp³-hybridized carbons (Fsp3) is 0.297. The van der Waals surface area contributed by atoms with E-state index in [-0.39, 0.29) is 29.7 Å². The van der Waals surface area contributed by atoms with E-state index in [0.717, 1.165) is 49.3 Å². The summed E-state index contributed by atoms with van der Waals surface area (Å²) >= 11 is 0. The first-order valence-corrected chi connectivity index (χ1v) is 16.8. The van der Waals surface area contributed by atoms with Gasteiger partial charge in [0.15, 0.2) is 0 Å². The molecule has 6 aromatic rings. The molecule has 0 amide bonds. The van der Waals surface area contributed by atoms with Crippen LogP contribution in [0.1, 0.15) is 37.6 Å². The van der Waals surface area contributed by atoms with E-state index < -0.39 is 17.7 Å². The Morgan fingerprint density at radius 3 is 2.18 bits per heavy atom.